The third kappa shape index (κ3) is 4.12. The van der Waals surface area contributed by atoms with Crippen molar-refractivity contribution in [3.05, 3.63) is 58.4 Å². The van der Waals surface area contributed by atoms with Gasteiger partial charge in [0.15, 0.2) is 0 Å². The van der Waals surface area contributed by atoms with Gasteiger partial charge < -0.3 is 29.2 Å². The van der Waals surface area contributed by atoms with E-state index in [9.17, 15) is 15.0 Å². The van der Waals surface area contributed by atoms with Crippen LogP contribution >= 0.6 is 0 Å². The van der Waals surface area contributed by atoms with E-state index in [0.29, 0.717) is 33.4 Å². The highest BCUT2D eigenvalue weighted by Gasteiger charge is 2.24. The van der Waals surface area contributed by atoms with Gasteiger partial charge >= 0.3 is 0 Å². The van der Waals surface area contributed by atoms with Crippen molar-refractivity contribution in [2.75, 3.05) is 13.7 Å². The summed E-state index contributed by atoms with van der Waals surface area (Å²) in [5.74, 6) is 0.590. The molecule has 0 aliphatic heterocycles. The van der Waals surface area contributed by atoms with E-state index < -0.39 is 24.9 Å². The van der Waals surface area contributed by atoms with Crippen molar-refractivity contribution in [3.63, 3.8) is 0 Å². The van der Waals surface area contributed by atoms with E-state index in [1.54, 1.807) is 38.1 Å². The normalized spacial score (nSPS) is 14.5. The fraction of sp³-hybridized carbons (Fsp3) is 0.318. The van der Waals surface area contributed by atoms with Crippen LogP contribution in [0.4, 0.5) is 0 Å². The quantitative estimate of drug-likeness (QED) is 0.559. The number of methoxy groups -OCH3 is 1. The first-order chi connectivity index (χ1) is 13.9. The lowest BCUT2D eigenvalue weighted by atomic mass is 10.0. The summed E-state index contributed by atoms with van der Waals surface area (Å²) in [6.45, 7) is 2.98. The molecule has 7 heteroatoms. The predicted molar refractivity (Wildman–Crippen MR) is 108 cm³/mol. The zero-order valence-electron chi connectivity index (χ0n) is 16.5. The van der Waals surface area contributed by atoms with Gasteiger partial charge in [0.1, 0.15) is 29.4 Å². The summed E-state index contributed by atoms with van der Waals surface area (Å²) < 4.78 is 17.1. The third-order valence-electron chi connectivity index (χ3n) is 4.89. The van der Waals surface area contributed by atoms with Gasteiger partial charge in [-0.15, -0.1) is 0 Å². The van der Waals surface area contributed by atoms with Gasteiger partial charge in [-0.25, -0.2) is 0 Å². The highest BCUT2D eigenvalue weighted by atomic mass is 16.5. The molecule has 0 bridgehead atoms. The molecule has 0 fully saturated rings. The molecule has 154 valence electrons. The summed E-state index contributed by atoms with van der Waals surface area (Å²) in [6, 6.07) is 9.59. The van der Waals surface area contributed by atoms with Crippen LogP contribution in [0.5, 0.6) is 11.5 Å². The molecule has 1 aromatic heterocycles. The summed E-state index contributed by atoms with van der Waals surface area (Å²) in [5.41, 5.74) is 1.63. The number of hydrogen-bond acceptors (Lipinski definition) is 7. The van der Waals surface area contributed by atoms with Crippen LogP contribution in [0.1, 0.15) is 25.5 Å². The Morgan fingerprint density at radius 3 is 2.41 bits per heavy atom. The Balaban J connectivity index is 2.11. The lowest BCUT2D eigenvalue weighted by Gasteiger charge is -2.24. The number of ether oxygens (including phenoxy) is 2. The summed E-state index contributed by atoms with van der Waals surface area (Å²) in [5, 5.41) is 28.7. The lowest BCUT2D eigenvalue weighted by Crippen LogP contribution is -2.30. The van der Waals surface area contributed by atoms with Gasteiger partial charge in [0.05, 0.1) is 42.4 Å². The van der Waals surface area contributed by atoms with E-state index in [1.807, 2.05) is 0 Å². The molecule has 29 heavy (non-hydrogen) atoms. The molecular weight excluding hydrogens is 376 g/mol. The first-order valence-corrected chi connectivity index (χ1v) is 9.23. The molecule has 3 N–H and O–H groups in total. The lowest BCUT2D eigenvalue weighted by molar-refractivity contribution is -0.0782. The Labute approximate surface area is 167 Å². The van der Waals surface area contributed by atoms with Gasteiger partial charge in [-0.3, -0.25) is 4.79 Å². The molecule has 0 saturated carbocycles. The highest BCUT2D eigenvalue weighted by molar-refractivity contribution is 5.86. The third-order valence-corrected chi connectivity index (χ3v) is 4.89. The van der Waals surface area contributed by atoms with Crippen LogP contribution in [0.2, 0.25) is 0 Å². The van der Waals surface area contributed by atoms with Gasteiger partial charge in [-0.05, 0) is 43.7 Å². The zero-order valence-corrected chi connectivity index (χ0v) is 16.5. The van der Waals surface area contributed by atoms with Gasteiger partial charge in [0.25, 0.3) is 0 Å². The molecule has 7 nitrogen and oxygen atoms in total. The van der Waals surface area contributed by atoms with Crippen molar-refractivity contribution in [1.82, 2.24) is 0 Å². The van der Waals surface area contributed by atoms with E-state index >= 15 is 0 Å². The van der Waals surface area contributed by atoms with Crippen LogP contribution in [0, 0.1) is 0 Å². The largest absolute Gasteiger partial charge is 0.508 e. The Bertz CT molecular complexity index is 1040. The number of aliphatic hydroxyl groups excluding tert-OH is 2. The topological polar surface area (TPSA) is 109 Å². The minimum atomic E-state index is -1.04. The number of hydrogen-bond donors (Lipinski definition) is 3. The van der Waals surface area contributed by atoms with E-state index in [1.165, 1.54) is 25.5 Å². The van der Waals surface area contributed by atoms with Gasteiger partial charge in [-0.2, -0.15) is 0 Å². The first kappa shape index (κ1) is 20.9. The molecule has 0 saturated heterocycles. The monoisotopic (exact) mass is 400 g/mol. The molecule has 2 aromatic carbocycles. The summed E-state index contributed by atoms with van der Waals surface area (Å²) in [6.07, 6.45) is -0.879. The van der Waals surface area contributed by atoms with Gasteiger partial charge in [0.2, 0.25) is 5.43 Å². The maximum Gasteiger partial charge on any atom is 0.200 e. The fourth-order valence-corrected chi connectivity index (χ4v) is 3.24. The van der Waals surface area contributed by atoms with Crippen LogP contribution in [-0.4, -0.2) is 41.2 Å². The molecular formula is C22H24O7. The summed E-state index contributed by atoms with van der Waals surface area (Å²) in [7, 11) is 1.51. The smallest absolute Gasteiger partial charge is 0.200 e. The van der Waals surface area contributed by atoms with Crippen molar-refractivity contribution in [2.24, 2.45) is 0 Å². The van der Waals surface area contributed by atoms with Crippen molar-refractivity contribution in [3.8, 4) is 22.6 Å². The summed E-state index contributed by atoms with van der Waals surface area (Å²) >= 11 is 0. The van der Waals surface area contributed by atoms with Crippen molar-refractivity contribution >= 4 is 11.0 Å². The Morgan fingerprint density at radius 2 is 1.79 bits per heavy atom. The Hall–Kier alpha value is -2.87. The molecule has 3 unspecified atom stereocenters. The van der Waals surface area contributed by atoms with Crippen LogP contribution in [0.15, 0.2) is 51.9 Å². The van der Waals surface area contributed by atoms with Gasteiger partial charge in [0, 0.05) is 0 Å². The van der Waals surface area contributed by atoms with Crippen molar-refractivity contribution in [2.45, 2.75) is 32.2 Å². The number of benzene rings is 2. The minimum absolute atomic E-state index is 0.108. The van der Waals surface area contributed by atoms with Crippen LogP contribution in [0.3, 0.4) is 0 Å². The highest BCUT2D eigenvalue weighted by Crippen LogP contribution is 2.35. The maximum atomic E-state index is 13.1. The predicted octanol–water partition coefficient (Wildman–Crippen LogP) is 2.99. The number of fused-ring (bicyclic) bond motifs is 1. The number of rotatable bonds is 7. The van der Waals surface area contributed by atoms with E-state index in [-0.39, 0.29) is 11.2 Å². The maximum absolute atomic E-state index is 13.1. The van der Waals surface area contributed by atoms with Crippen LogP contribution < -0.4 is 10.2 Å². The first-order valence-electron chi connectivity index (χ1n) is 9.23. The van der Waals surface area contributed by atoms with Crippen LogP contribution in [-0.2, 0) is 4.74 Å². The second-order valence-electron chi connectivity index (χ2n) is 6.82. The molecule has 3 aromatic rings. The molecule has 3 atom stereocenters. The van der Waals surface area contributed by atoms with Crippen LogP contribution in [0.25, 0.3) is 22.1 Å². The Kier molecular flexibility index (Phi) is 6.22. The molecule has 3 rings (SSSR count). The van der Waals surface area contributed by atoms with E-state index in [0.717, 1.165) is 0 Å². The SMILES string of the molecule is COc1ccc2c(=O)c(-c3ccc(O)cc3)coc2c1C(C)OC(C)C(O)CO. The number of aliphatic hydroxyl groups is 2. The molecule has 0 aliphatic rings. The zero-order chi connectivity index (χ0) is 21.1. The second-order valence-corrected chi connectivity index (χ2v) is 6.82. The Morgan fingerprint density at radius 1 is 1.10 bits per heavy atom. The van der Waals surface area contributed by atoms with E-state index in [2.05, 4.69) is 0 Å². The van der Waals surface area contributed by atoms with Gasteiger partial charge in [-0.1, -0.05) is 12.1 Å². The molecule has 0 spiro atoms. The number of phenolic OH excluding ortho intramolecular Hbond substituents is 1. The van der Waals surface area contributed by atoms with Crippen molar-refractivity contribution in [1.29, 1.82) is 0 Å². The summed E-state index contributed by atoms with van der Waals surface area (Å²) in [4.78, 5) is 13.1. The average molecular weight is 400 g/mol. The fourth-order valence-electron chi connectivity index (χ4n) is 3.24. The van der Waals surface area contributed by atoms with E-state index in [4.69, 9.17) is 19.0 Å². The molecule has 0 radical (unpaired) electrons. The standard InChI is InChI=1S/C22H24O7/c1-12(18(25)10-23)29-13(2)20-19(27-3)9-8-16-21(26)17(11-28-22(16)20)14-4-6-15(24)7-5-14/h4-9,11-13,18,23-25H,10H2,1-3H3. The molecule has 0 aliphatic carbocycles. The second kappa shape index (κ2) is 8.65. The average Bonchev–Trinajstić information content (AvgIpc) is 2.73. The van der Waals surface area contributed by atoms with Crippen molar-refractivity contribution < 1.29 is 29.2 Å². The molecule has 1 heterocycles. The number of aromatic hydroxyl groups is 1. The number of phenols is 1. The molecule has 0 amide bonds. The minimum Gasteiger partial charge on any atom is -0.508 e.